The van der Waals surface area contributed by atoms with Crippen molar-refractivity contribution in [1.82, 2.24) is 0 Å². The summed E-state index contributed by atoms with van der Waals surface area (Å²) in [7, 11) is 0. The highest BCUT2D eigenvalue weighted by atomic mass is 32.1. The van der Waals surface area contributed by atoms with Gasteiger partial charge in [0.05, 0.1) is 12.2 Å². The summed E-state index contributed by atoms with van der Waals surface area (Å²) in [5.74, 6) is -0.600. The molecule has 0 saturated heterocycles. The van der Waals surface area contributed by atoms with E-state index in [0.717, 1.165) is 16.9 Å². The quantitative estimate of drug-likeness (QED) is 0.789. The molecular formula is C18H21NO3S. The maximum Gasteiger partial charge on any atom is 0.341 e. The lowest BCUT2D eigenvalue weighted by Gasteiger charge is -2.09. The molecule has 0 aliphatic rings. The largest absolute Gasteiger partial charge is 0.462 e. The van der Waals surface area contributed by atoms with E-state index in [0.29, 0.717) is 17.2 Å². The Hall–Kier alpha value is -2.14. The first-order chi connectivity index (χ1) is 11.1. The number of amides is 1. The Balaban J connectivity index is 2.36. The number of carbonyl (C=O) groups excluding carboxylic acids is 2. The molecule has 4 nitrogen and oxygen atoms in total. The minimum atomic E-state index is -0.412. The van der Waals surface area contributed by atoms with Gasteiger partial charge in [-0.15, -0.1) is 11.3 Å². The van der Waals surface area contributed by atoms with Gasteiger partial charge in [-0.25, -0.2) is 4.79 Å². The van der Waals surface area contributed by atoms with Gasteiger partial charge in [-0.05, 0) is 25.0 Å². The zero-order valence-electron chi connectivity index (χ0n) is 13.6. The molecule has 1 aromatic heterocycles. The highest BCUT2D eigenvalue weighted by Crippen LogP contribution is 2.36. The van der Waals surface area contributed by atoms with E-state index in [1.165, 1.54) is 11.3 Å². The van der Waals surface area contributed by atoms with Gasteiger partial charge < -0.3 is 10.1 Å². The highest BCUT2D eigenvalue weighted by Gasteiger charge is 2.21. The average Bonchev–Trinajstić information content (AvgIpc) is 2.99. The molecule has 0 aliphatic heterocycles. The predicted molar refractivity (Wildman–Crippen MR) is 93.8 cm³/mol. The van der Waals surface area contributed by atoms with Crippen molar-refractivity contribution in [1.29, 1.82) is 0 Å². The lowest BCUT2D eigenvalue weighted by molar-refractivity contribution is -0.119. The Morgan fingerprint density at radius 1 is 1.22 bits per heavy atom. The van der Waals surface area contributed by atoms with Crippen LogP contribution < -0.4 is 5.32 Å². The van der Waals surface area contributed by atoms with Crippen LogP contribution in [0, 0.1) is 5.92 Å². The van der Waals surface area contributed by atoms with Crippen LogP contribution in [0.25, 0.3) is 10.4 Å². The summed E-state index contributed by atoms with van der Waals surface area (Å²) in [6.07, 6.45) is 0.748. The second-order valence-corrected chi connectivity index (χ2v) is 6.29. The molecule has 1 amide bonds. The third-order valence-electron chi connectivity index (χ3n) is 3.58. The van der Waals surface area contributed by atoms with E-state index in [1.807, 2.05) is 44.2 Å². The van der Waals surface area contributed by atoms with Crippen LogP contribution in [0.1, 0.15) is 37.6 Å². The molecule has 1 atom stereocenters. The lowest BCUT2D eigenvalue weighted by atomic mass is 10.1. The highest BCUT2D eigenvalue weighted by molar-refractivity contribution is 7.20. The summed E-state index contributed by atoms with van der Waals surface area (Å²) in [5.41, 5.74) is 1.42. The van der Waals surface area contributed by atoms with Gasteiger partial charge in [0.2, 0.25) is 5.91 Å². The van der Waals surface area contributed by atoms with Crippen LogP contribution in [0.4, 0.5) is 5.00 Å². The van der Waals surface area contributed by atoms with E-state index in [-0.39, 0.29) is 11.8 Å². The summed E-state index contributed by atoms with van der Waals surface area (Å²) >= 11 is 1.39. The molecule has 0 spiro atoms. The van der Waals surface area contributed by atoms with Crippen molar-refractivity contribution in [3.05, 3.63) is 42.0 Å². The van der Waals surface area contributed by atoms with Crippen molar-refractivity contribution in [3.63, 3.8) is 0 Å². The Bertz CT molecular complexity index is 679. The van der Waals surface area contributed by atoms with Crippen LogP contribution in [0.5, 0.6) is 0 Å². The van der Waals surface area contributed by atoms with E-state index in [4.69, 9.17) is 4.74 Å². The van der Waals surface area contributed by atoms with Crippen LogP contribution >= 0.6 is 11.3 Å². The van der Waals surface area contributed by atoms with Crippen LogP contribution in [0.15, 0.2) is 36.4 Å². The zero-order chi connectivity index (χ0) is 16.8. The maximum absolute atomic E-state index is 12.2. The Morgan fingerprint density at radius 3 is 2.52 bits per heavy atom. The first kappa shape index (κ1) is 17.2. The number of nitrogens with one attached hydrogen (secondary N) is 1. The summed E-state index contributed by atoms with van der Waals surface area (Å²) in [5, 5.41) is 3.42. The van der Waals surface area contributed by atoms with Crippen molar-refractivity contribution < 1.29 is 14.3 Å². The third kappa shape index (κ3) is 4.20. The van der Waals surface area contributed by atoms with Crippen LogP contribution in [-0.4, -0.2) is 18.5 Å². The van der Waals surface area contributed by atoms with Crippen molar-refractivity contribution in [2.45, 2.75) is 27.2 Å². The lowest BCUT2D eigenvalue weighted by Crippen LogP contribution is -2.20. The van der Waals surface area contributed by atoms with Gasteiger partial charge in [0.1, 0.15) is 5.00 Å². The molecule has 0 fully saturated rings. The van der Waals surface area contributed by atoms with Crippen LogP contribution in [0.3, 0.4) is 0 Å². The van der Waals surface area contributed by atoms with Crippen LogP contribution in [-0.2, 0) is 9.53 Å². The van der Waals surface area contributed by atoms with Crippen molar-refractivity contribution in [2.24, 2.45) is 5.92 Å². The molecule has 23 heavy (non-hydrogen) atoms. The summed E-state index contributed by atoms with van der Waals surface area (Å²) in [4.78, 5) is 25.3. The molecule has 122 valence electrons. The maximum atomic E-state index is 12.2. The first-order valence-corrected chi connectivity index (χ1v) is 8.55. The third-order valence-corrected chi connectivity index (χ3v) is 4.68. The van der Waals surface area contributed by atoms with Gasteiger partial charge in [0.25, 0.3) is 0 Å². The van der Waals surface area contributed by atoms with Gasteiger partial charge in [-0.1, -0.05) is 44.2 Å². The molecule has 5 heteroatoms. The standard InChI is InChI=1S/C18H21NO3S/c1-4-12(3)16(20)19-17-14(18(21)22-5-2)11-15(23-17)13-9-7-6-8-10-13/h6-12H,4-5H2,1-3H3,(H,19,20). The summed E-state index contributed by atoms with van der Waals surface area (Å²) in [6, 6.07) is 11.5. The first-order valence-electron chi connectivity index (χ1n) is 7.74. The molecule has 1 unspecified atom stereocenters. The number of carbonyl (C=O) groups is 2. The Kier molecular flexibility index (Phi) is 5.93. The fourth-order valence-corrected chi connectivity index (χ4v) is 3.06. The second-order valence-electron chi connectivity index (χ2n) is 5.24. The molecular weight excluding hydrogens is 310 g/mol. The van der Waals surface area contributed by atoms with Gasteiger partial charge in [-0.3, -0.25) is 4.79 Å². The number of rotatable bonds is 6. The SMILES string of the molecule is CCOC(=O)c1cc(-c2ccccc2)sc1NC(=O)C(C)CC. The number of hydrogen-bond acceptors (Lipinski definition) is 4. The molecule has 0 bridgehead atoms. The molecule has 2 rings (SSSR count). The van der Waals surface area contributed by atoms with Crippen molar-refractivity contribution in [3.8, 4) is 10.4 Å². The topological polar surface area (TPSA) is 55.4 Å². The number of anilines is 1. The normalized spacial score (nSPS) is 11.8. The number of thiophene rings is 1. The molecule has 1 heterocycles. The van der Waals surface area contributed by atoms with E-state index in [9.17, 15) is 9.59 Å². The fourth-order valence-electron chi connectivity index (χ4n) is 2.01. The summed E-state index contributed by atoms with van der Waals surface area (Å²) < 4.78 is 5.10. The minimum Gasteiger partial charge on any atom is -0.462 e. The summed E-state index contributed by atoms with van der Waals surface area (Å²) in [6.45, 7) is 5.89. The van der Waals surface area contributed by atoms with E-state index < -0.39 is 5.97 Å². The van der Waals surface area contributed by atoms with E-state index in [1.54, 1.807) is 13.0 Å². The molecule has 0 radical (unpaired) electrons. The number of benzene rings is 1. The Labute approximate surface area is 140 Å². The Morgan fingerprint density at radius 2 is 1.91 bits per heavy atom. The molecule has 0 aliphatic carbocycles. The van der Waals surface area contributed by atoms with Crippen LogP contribution in [0.2, 0.25) is 0 Å². The fraction of sp³-hybridized carbons (Fsp3) is 0.333. The van der Waals surface area contributed by atoms with E-state index >= 15 is 0 Å². The van der Waals surface area contributed by atoms with Gasteiger partial charge in [0.15, 0.2) is 0 Å². The zero-order valence-corrected chi connectivity index (χ0v) is 14.4. The molecule has 2 aromatic rings. The molecule has 0 saturated carbocycles. The molecule has 1 N–H and O–H groups in total. The number of hydrogen-bond donors (Lipinski definition) is 1. The molecule has 1 aromatic carbocycles. The van der Waals surface area contributed by atoms with Crippen molar-refractivity contribution in [2.75, 3.05) is 11.9 Å². The second kappa shape index (κ2) is 7.92. The smallest absolute Gasteiger partial charge is 0.341 e. The van der Waals surface area contributed by atoms with Gasteiger partial charge >= 0.3 is 5.97 Å². The average molecular weight is 331 g/mol. The van der Waals surface area contributed by atoms with Gasteiger partial charge in [0, 0.05) is 10.8 Å². The minimum absolute atomic E-state index is 0.0838. The predicted octanol–water partition coefficient (Wildman–Crippen LogP) is 4.58. The monoisotopic (exact) mass is 331 g/mol. The number of ether oxygens (including phenoxy) is 1. The van der Waals surface area contributed by atoms with E-state index in [2.05, 4.69) is 5.32 Å². The number of esters is 1. The van der Waals surface area contributed by atoms with Gasteiger partial charge in [-0.2, -0.15) is 0 Å². The van der Waals surface area contributed by atoms with Crippen molar-refractivity contribution >= 4 is 28.2 Å².